The Morgan fingerprint density at radius 3 is 0.974 bits per heavy atom. The van der Waals surface area contributed by atoms with Crippen molar-refractivity contribution in [1.82, 2.24) is 0 Å². The lowest BCUT2D eigenvalue weighted by Gasteiger charge is -2.32. The third-order valence-electron chi connectivity index (χ3n) is 7.70. The molecule has 0 saturated heterocycles. The maximum atomic E-state index is 2.50. The van der Waals surface area contributed by atoms with Gasteiger partial charge in [0.15, 0.2) is 0 Å². The Hall–Kier alpha value is -1.49. The van der Waals surface area contributed by atoms with Crippen molar-refractivity contribution in [3.05, 3.63) is 70.0 Å². The Labute approximate surface area is 255 Å². The van der Waals surface area contributed by atoms with Crippen LogP contribution in [0.2, 0.25) is 0 Å². The summed E-state index contributed by atoms with van der Waals surface area (Å²) in [5.41, 5.74) is 11.6. The number of benzene rings is 2. The predicted molar refractivity (Wildman–Crippen MR) is 186 cm³/mol. The highest BCUT2D eigenvalue weighted by Crippen LogP contribution is 2.43. The molecule has 0 fully saturated rings. The first kappa shape index (κ1) is 33.7. The summed E-state index contributed by atoms with van der Waals surface area (Å²) in [4.78, 5) is 5.00. The number of alkyl halides is 1. The lowest BCUT2D eigenvalue weighted by Crippen LogP contribution is -2.28. The Bertz CT molecular complexity index is 948. The van der Waals surface area contributed by atoms with Gasteiger partial charge in [-0.25, -0.2) is 0 Å². The molecule has 2 aromatic carbocycles. The van der Waals surface area contributed by atoms with E-state index in [-0.39, 0.29) is 0 Å². The van der Waals surface area contributed by atoms with Crippen LogP contribution < -0.4 is 9.80 Å². The summed E-state index contributed by atoms with van der Waals surface area (Å²) < 4.78 is 1.29. The van der Waals surface area contributed by atoms with E-state index in [1.807, 2.05) is 0 Å². The minimum Gasteiger partial charge on any atom is -0.327 e. The number of nitrogens with zero attached hydrogens (tertiary/aromatic N) is 2. The van der Waals surface area contributed by atoms with Gasteiger partial charge in [0, 0.05) is 23.8 Å². The lowest BCUT2D eigenvalue weighted by atomic mass is 9.86. The van der Waals surface area contributed by atoms with Crippen molar-refractivity contribution in [3.8, 4) is 0 Å². The number of hydrogen-bond acceptors (Lipinski definition) is 2. The van der Waals surface area contributed by atoms with Crippen molar-refractivity contribution in [3.63, 3.8) is 0 Å². The average molecular weight is 645 g/mol. The first-order valence-corrected chi connectivity index (χ1v) is 16.9. The standard InChI is InChI=1S/C33H50N2.C3H7I/c1-20(2)26-15-28(22(5)6)32(29(16-26)23(7)8)34-13-14-35(19-34)33-30(24(9)10)17-27(21(3)4)18-31(33)25(11)12;1-2-3-4/h13-18,20-25H,19H2,1-12H3;2-3H2,1H3. The average Bonchev–Trinajstić information content (AvgIpc) is 3.36. The third kappa shape index (κ3) is 8.27. The molecule has 2 nitrogen and oxygen atoms in total. The van der Waals surface area contributed by atoms with Crippen LogP contribution >= 0.6 is 22.6 Å². The van der Waals surface area contributed by atoms with Gasteiger partial charge < -0.3 is 9.80 Å². The van der Waals surface area contributed by atoms with Crippen molar-refractivity contribution in [1.29, 1.82) is 0 Å². The van der Waals surface area contributed by atoms with Crippen molar-refractivity contribution in [2.45, 2.75) is 132 Å². The second-order valence-electron chi connectivity index (χ2n) is 13.1. The molecule has 3 rings (SSSR count). The van der Waals surface area contributed by atoms with E-state index in [4.69, 9.17) is 0 Å². The van der Waals surface area contributed by atoms with Crippen molar-refractivity contribution in [2.75, 3.05) is 20.9 Å². The molecule has 2 aromatic rings. The van der Waals surface area contributed by atoms with Crippen LogP contribution in [0.4, 0.5) is 11.4 Å². The van der Waals surface area contributed by atoms with Crippen molar-refractivity contribution >= 4 is 34.0 Å². The number of hydrogen-bond donors (Lipinski definition) is 0. The number of anilines is 2. The summed E-state index contributed by atoms with van der Waals surface area (Å²) in [5, 5.41) is 0. The lowest BCUT2D eigenvalue weighted by molar-refractivity contribution is 0.783. The highest BCUT2D eigenvalue weighted by Gasteiger charge is 2.28. The van der Waals surface area contributed by atoms with Gasteiger partial charge in [-0.2, -0.15) is 0 Å². The van der Waals surface area contributed by atoms with Crippen LogP contribution in [0, 0.1) is 0 Å². The molecule has 0 aliphatic carbocycles. The Kier molecular flexibility index (Phi) is 12.9. The minimum atomic E-state index is 0.478. The summed E-state index contributed by atoms with van der Waals surface area (Å²) in [6.45, 7) is 31.0. The second-order valence-corrected chi connectivity index (χ2v) is 14.2. The van der Waals surface area contributed by atoms with E-state index in [1.54, 1.807) is 0 Å². The van der Waals surface area contributed by atoms with Crippen molar-refractivity contribution < 1.29 is 0 Å². The smallest absolute Gasteiger partial charge is 0.0989 e. The largest absolute Gasteiger partial charge is 0.327 e. The molecule has 0 spiro atoms. The fourth-order valence-electron chi connectivity index (χ4n) is 5.21. The van der Waals surface area contributed by atoms with Gasteiger partial charge in [-0.05, 0) is 79.7 Å². The number of rotatable bonds is 9. The fraction of sp³-hybridized carbons (Fsp3) is 0.611. The molecule has 0 unspecified atom stereocenters. The van der Waals surface area contributed by atoms with Gasteiger partial charge >= 0.3 is 0 Å². The molecule has 1 aliphatic heterocycles. The molecule has 0 radical (unpaired) electrons. The fourth-order valence-corrected chi connectivity index (χ4v) is 5.21. The van der Waals surface area contributed by atoms with E-state index in [0.29, 0.717) is 35.5 Å². The zero-order valence-electron chi connectivity index (χ0n) is 27.3. The Balaban J connectivity index is 0.00000124. The maximum absolute atomic E-state index is 2.50. The maximum Gasteiger partial charge on any atom is 0.0989 e. The van der Waals surface area contributed by atoms with Crippen LogP contribution in [0.1, 0.15) is 165 Å². The molecule has 39 heavy (non-hydrogen) atoms. The molecule has 0 atom stereocenters. The SMILES string of the molecule is CC(C)c1cc(C(C)C)c(N2C=CN(c3c(C(C)C)cc(C(C)C)cc3C(C)C)C2)c(C(C)C)c1.CCCI. The quantitative estimate of drug-likeness (QED) is 0.198. The van der Waals surface area contributed by atoms with Gasteiger partial charge in [0.2, 0.25) is 0 Å². The third-order valence-corrected chi connectivity index (χ3v) is 8.78. The molecular formula is C36H57IN2. The highest BCUT2D eigenvalue weighted by atomic mass is 127. The van der Waals surface area contributed by atoms with Gasteiger partial charge in [0.25, 0.3) is 0 Å². The summed E-state index contributed by atoms with van der Waals surface area (Å²) in [6, 6.07) is 9.85. The van der Waals surface area contributed by atoms with E-state index in [0.717, 1.165) is 6.67 Å². The first-order valence-electron chi connectivity index (χ1n) is 15.4. The molecule has 0 bridgehead atoms. The van der Waals surface area contributed by atoms with Gasteiger partial charge in [-0.1, -0.05) is 137 Å². The Morgan fingerprint density at radius 2 is 0.795 bits per heavy atom. The molecule has 0 N–H and O–H groups in total. The molecule has 1 heterocycles. The van der Waals surface area contributed by atoms with Crippen LogP contribution in [0.3, 0.4) is 0 Å². The van der Waals surface area contributed by atoms with Crippen LogP contribution in [0.25, 0.3) is 0 Å². The summed E-state index contributed by atoms with van der Waals surface area (Å²) >= 11 is 2.35. The van der Waals surface area contributed by atoms with E-state index in [1.165, 1.54) is 55.6 Å². The zero-order chi connectivity index (χ0) is 29.6. The molecule has 0 saturated carbocycles. The molecular weight excluding hydrogens is 587 g/mol. The normalized spacial score (nSPS) is 13.6. The van der Waals surface area contributed by atoms with Crippen molar-refractivity contribution in [2.24, 2.45) is 0 Å². The predicted octanol–water partition coefficient (Wildman–Crippen LogP) is 12.0. The molecule has 0 amide bonds. The number of halogens is 1. The summed E-state index contributed by atoms with van der Waals surface area (Å²) in [6.07, 6.45) is 5.93. The topological polar surface area (TPSA) is 6.48 Å². The van der Waals surface area contributed by atoms with Gasteiger partial charge in [0.05, 0.1) is 6.67 Å². The first-order chi connectivity index (χ1) is 18.2. The Morgan fingerprint density at radius 1 is 0.538 bits per heavy atom. The monoisotopic (exact) mass is 644 g/mol. The summed E-state index contributed by atoms with van der Waals surface area (Å²) in [5.74, 6) is 2.98. The van der Waals surface area contributed by atoms with Gasteiger partial charge in [-0.15, -0.1) is 0 Å². The zero-order valence-corrected chi connectivity index (χ0v) is 29.5. The molecule has 3 heteroatoms. The minimum absolute atomic E-state index is 0.478. The van der Waals surface area contributed by atoms with Gasteiger partial charge in [0.1, 0.15) is 0 Å². The van der Waals surface area contributed by atoms with E-state index >= 15 is 0 Å². The van der Waals surface area contributed by atoms with Crippen LogP contribution in [0.5, 0.6) is 0 Å². The van der Waals surface area contributed by atoms with Gasteiger partial charge in [-0.3, -0.25) is 0 Å². The molecule has 1 aliphatic rings. The second kappa shape index (κ2) is 14.9. The molecule has 218 valence electrons. The highest BCUT2D eigenvalue weighted by molar-refractivity contribution is 14.1. The van der Waals surface area contributed by atoms with Crippen LogP contribution in [-0.4, -0.2) is 11.1 Å². The van der Waals surface area contributed by atoms with Crippen LogP contribution in [-0.2, 0) is 0 Å². The summed E-state index contributed by atoms with van der Waals surface area (Å²) in [7, 11) is 0. The molecule has 0 aromatic heterocycles. The van der Waals surface area contributed by atoms with E-state index in [2.05, 4.69) is 159 Å². The van der Waals surface area contributed by atoms with Crippen LogP contribution in [0.15, 0.2) is 36.7 Å². The van der Waals surface area contributed by atoms with E-state index in [9.17, 15) is 0 Å². The van der Waals surface area contributed by atoms with E-state index < -0.39 is 0 Å².